The molecule has 2 N–H and O–H groups in total. The summed E-state index contributed by atoms with van der Waals surface area (Å²) in [7, 11) is 0. The van der Waals surface area contributed by atoms with Crippen LogP contribution in [0.5, 0.6) is 0 Å². The first-order chi connectivity index (χ1) is 9.99. The van der Waals surface area contributed by atoms with Crippen molar-refractivity contribution in [1.82, 2.24) is 9.13 Å². The maximum absolute atomic E-state index is 12.3. The highest BCUT2D eigenvalue weighted by atomic mass is 19.1. The fraction of sp³-hybridized carbons (Fsp3) is 0.692. The van der Waals surface area contributed by atoms with Crippen molar-refractivity contribution in [3.05, 3.63) is 32.6 Å². The summed E-state index contributed by atoms with van der Waals surface area (Å²) < 4.78 is 19.9. The molecule has 0 radical (unpaired) electrons. The van der Waals surface area contributed by atoms with E-state index in [1.165, 1.54) is 10.8 Å². The van der Waals surface area contributed by atoms with Crippen molar-refractivity contribution in [1.29, 1.82) is 0 Å². The van der Waals surface area contributed by atoms with Gasteiger partial charge in [-0.25, -0.2) is 4.79 Å². The van der Waals surface area contributed by atoms with E-state index in [1.807, 2.05) is 0 Å². The standard InChI is InChI=1S/C13H19FN2O5/c1-8-6-16(11-5-9(18)10(7-17)21-11)13(20)15(12(8)19)4-2-3-14/h6,9-11,17-18H,2-5,7H2,1H3/t9-,10+,11+/m0/s1. The lowest BCUT2D eigenvalue weighted by Crippen LogP contribution is -2.42. The number of rotatable bonds is 5. The third-order valence-electron chi connectivity index (χ3n) is 3.58. The van der Waals surface area contributed by atoms with Crippen LogP contribution in [0.25, 0.3) is 0 Å². The Hall–Kier alpha value is -1.51. The molecule has 1 fully saturated rings. The first-order valence-electron chi connectivity index (χ1n) is 6.82. The van der Waals surface area contributed by atoms with Gasteiger partial charge >= 0.3 is 5.69 Å². The van der Waals surface area contributed by atoms with Gasteiger partial charge < -0.3 is 14.9 Å². The van der Waals surface area contributed by atoms with Crippen LogP contribution in [0.2, 0.25) is 0 Å². The van der Waals surface area contributed by atoms with E-state index in [2.05, 4.69) is 0 Å². The van der Waals surface area contributed by atoms with Crippen molar-refractivity contribution in [2.24, 2.45) is 0 Å². The second-order valence-electron chi connectivity index (χ2n) is 5.12. The summed E-state index contributed by atoms with van der Waals surface area (Å²) in [5.74, 6) is 0. The number of alkyl halides is 1. The summed E-state index contributed by atoms with van der Waals surface area (Å²) >= 11 is 0. The van der Waals surface area contributed by atoms with E-state index in [0.717, 1.165) is 4.57 Å². The van der Waals surface area contributed by atoms with Crippen LogP contribution in [0.4, 0.5) is 4.39 Å². The Morgan fingerprint density at radius 3 is 2.76 bits per heavy atom. The minimum atomic E-state index is -0.876. The number of hydrogen-bond acceptors (Lipinski definition) is 5. The molecule has 1 aromatic heterocycles. The predicted octanol–water partition coefficient (Wildman–Crippen LogP) is -0.681. The highest BCUT2D eigenvalue weighted by Gasteiger charge is 2.35. The fourth-order valence-electron chi connectivity index (χ4n) is 2.43. The van der Waals surface area contributed by atoms with Gasteiger partial charge in [-0.3, -0.25) is 18.3 Å². The normalized spacial score (nSPS) is 25.4. The highest BCUT2D eigenvalue weighted by Crippen LogP contribution is 2.27. The molecule has 7 nitrogen and oxygen atoms in total. The Morgan fingerprint density at radius 2 is 2.19 bits per heavy atom. The summed E-state index contributed by atoms with van der Waals surface area (Å²) in [6.07, 6.45) is -0.793. The van der Waals surface area contributed by atoms with Crippen molar-refractivity contribution < 1.29 is 19.3 Å². The van der Waals surface area contributed by atoms with Gasteiger partial charge in [0.15, 0.2) is 0 Å². The third-order valence-corrected chi connectivity index (χ3v) is 3.58. The van der Waals surface area contributed by atoms with Crippen molar-refractivity contribution in [3.8, 4) is 0 Å². The molecule has 118 valence electrons. The molecule has 2 rings (SSSR count). The molecule has 0 amide bonds. The molecule has 0 aliphatic carbocycles. The highest BCUT2D eigenvalue weighted by molar-refractivity contribution is 5.04. The first kappa shape index (κ1) is 15.9. The monoisotopic (exact) mass is 302 g/mol. The number of hydrogen-bond donors (Lipinski definition) is 2. The van der Waals surface area contributed by atoms with Crippen LogP contribution in [0.3, 0.4) is 0 Å². The minimum absolute atomic E-state index is 0.00541. The van der Waals surface area contributed by atoms with Crippen LogP contribution in [0, 0.1) is 6.92 Å². The van der Waals surface area contributed by atoms with Gasteiger partial charge in [0.1, 0.15) is 12.3 Å². The van der Waals surface area contributed by atoms with Crippen LogP contribution >= 0.6 is 0 Å². The van der Waals surface area contributed by atoms with E-state index in [1.54, 1.807) is 6.92 Å². The molecular weight excluding hydrogens is 283 g/mol. The second-order valence-corrected chi connectivity index (χ2v) is 5.12. The van der Waals surface area contributed by atoms with Gasteiger partial charge in [-0.15, -0.1) is 0 Å². The number of halogens is 1. The zero-order valence-corrected chi connectivity index (χ0v) is 11.7. The summed E-state index contributed by atoms with van der Waals surface area (Å²) in [4.78, 5) is 24.3. The average molecular weight is 302 g/mol. The summed E-state index contributed by atoms with van der Waals surface area (Å²) in [6.45, 7) is 0.575. The van der Waals surface area contributed by atoms with Gasteiger partial charge in [0.2, 0.25) is 0 Å². The number of aliphatic hydroxyl groups is 2. The zero-order chi connectivity index (χ0) is 15.6. The molecule has 0 aromatic carbocycles. The molecule has 1 saturated heterocycles. The summed E-state index contributed by atoms with van der Waals surface area (Å²) in [5.41, 5.74) is -0.726. The zero-order valence-electron chi connectivity index (χ0n) is 11.7. The molecule has 1 aliphatic heterocycles. The van der Waals surface area contributed by atoms with Gasteiger partial charge in [0.25, 0.3) is 5.56 Å². The maximum atomic E-state index is 12.3. The van der Waals surface area contributed by atoms with Gasteiger partial charge in [-0.1, -0.05) is 0 Å². The summed E-state index contributed by atoms with van der Waals surface area (Å²) in [5, 5.41) is 18.8. The molecule has 0 bridgehead atoms. The number of aliphatic hydroxyl groups excluding tert-OH is 2. The van der Waals surface area contributed by atoms with Gasteiger partial charge in [-0.2, -0.15) is 0 Å². The van der Waals surface area contributed by atoms with Crippen LogP contribution in [0.1, 0.15) is 24.6 Å². The second kappa shape index (κ2) is 6.50. The van der Waals surface area contributed by atoms with Crippen molar-refractivity contribution in [2.75, 3.05) is 13.3 Å². The topological polar surface area (TPSA) is 93.7 Å². The minimum Gasteiger partial charge on any atom is -0.394 e. The maximum Gasteiger partial charge on any atom is 0.333 e. The fourth-order valence-corrected chi connectivity index (χ4v) is 2.43. The molecule has 0 unspecified atom stereocenters. The van der Waals surface area contributed by atoms with Gasteiger partial charge in [0.05, 0.1) is 19.4 Å². The smallest absolute Gasteiger partial charge is 0.333 e. The van der Waals surface area contributed by atoms with Crippen molar-refractivity contribution >= 4 is 0 Å². The summed E-state index contributed by atoms with van der Waals surface area (Å²) in [6, 6.07) is 0. The third kappa shape index (κ3) is 3.07. The molecule has 0 saturated carbocycles. The Balaban J connectivity index is 2.39. The van der Waals surface area contributed by atoms with E-state index in [-0.39, 0.29) is 26.0 Å². The number of nitrogens with zero attached hydrogens (tertiary/aromatic N) is 2. The first-order valence-corrected chi connectivity index (χ1v) is 6.82. The molecule has 21 heavy (non-hydrogen) atoms. The number of ether oxygens (including phenoxy) is 1. The molecule has 8 heteroatoms. The van der Waals surface area contributed by atoms with Crippen LogP contribution in [-0.2, 0) is 11.3 Å². The van der Waals surface area contributed by atoms with Crippen LogP contribution in [0.15, 0.2) is 15.8 Å². The molecule has 1 aliphatic rings. The van der Waals surface area contributed by atoms with E-state index >= 15 is 0 Å². The Kier molecular flexibility index (Phi) is 4.92. The SMILES string of the molecule is Cc1cn([C@H]2C[C@H](O)[C@@H](CO)O2)c(=O)n(CCCF)c1=O. The van der Waals surface area contributed by atoms with Crippen LogP contribution in [-0.4, -0.2) is 44.8 Å². The predicted molar refractivity (Wildman–Crippen MR) is 71.9 cm³/mol. The largest absolute Gasteiger partial charge is 0.394 e. The molecule has 1 aromatic rings. The quantitative estimate of drug-likeness (QED) is 0.751. The molecule has 2 heterocycles. The van der Waals surface area contributed by atoms with Crippen LogP contribution < -0.4 is 11.2 Å². The molecule has 0 spiro atoms. The lowest BCUT2D eigenvalue weighted by Gasteiger charge is -2.17. The average Bonchev–Trinajstić information content (AvgIpc) is 2.84. The van der Waals surface area contributed by atoms with Gasteiger partial charge in [-0.05, 0) is 13.3 Å². The van der Waals surface area contributed by atoms with E-state index in [0.29, 0.717) is 5.56 Å². The number of aryl methyl sites for hydroxylation is 1. The lowest BCUT2D eigenvalue weighted by molar-refractivity contribution is -0.0464. The lowest BCUT2D eigenvalue weighted by atomic mass is 10.2. The molecule has 3 atom stereocenters. The van der Waals surface area contributed by atoms with Crippen molar-refractivity contribution in [2.45, 2.75) is 44.7 Å². The van der Waals surface area contributed by atoms with Crippen molar-refractivity contribution in [3.63, 3.8) is 0 Å². The Bertz CT molecular complexity index is 612. The van der Waals surface area contributed by atoms with E-state index < -0.39 is 36.4 Å². The van der Waals surface area contributed by atoms with E-state index in [4.69, 9.17) is 9.84 Å². The van der Waals surface area contributed by atoms with Gasteiger partial charge in [0, 0.05) is 24.7 Å². The Morgan fingerprint density at radius 1 is 1.48 bits per heavy atom. The molecular formula is C13H19FN2O5. The Labute approximate surface area is 120 Å². The van der Waals surface area contributed by atoms with E-state index in [9.17, 15) is 19.1 Å². The number of aromatic nitrogens is 2.